The lowest BCUT2D eigenvalue weighted by molar-refractivity contribution is -0.158. The molecule has 1 aliphatic rings. The fraction of sp³-hybridized carbons (Fsp3) is 0.214. The summed E-state index contributed by atoms with van der Waals surface area (Å²) in [6.45, 7) is 3.43. The van der Waals surface area contributed by atoms with E-state index in [1.807, 2.05) is 31.2 Å². The zero-order valence-corrected chi connectivity index (χ0v) is 20.8. The molecular formula is C28H27F2N7O. The third-order valence-corrected chi connectivity index (χ3v) is 6.36. The number of anilines is 3. The molecule has 8 nitrogen and oxygen atoms in total. The summed E-state index contributed by atoms with van der Waals surface area (Å²) < 4.78 is 30.0. The van der Waals surface area contributed by atoms with Crippen LogP contribution in [0.25, 0.3) is 11.3 Å². The molecule has 0 saturated carbocycles. The number of alkyl halides is 2. The summed E-state index contributed by atoms with van der Waals surface area (Å²) in [5, 5.41) is 5.89. The van der Waals surface area contributed by atoms with E-state index in [2.05, 4.69) is 25.6 Å². The molecule has 1 fully saturated rings. The van der Waals surface area contributed by atoms with Crippen molar-refractivity contribution in [1.82, 2.24) is 25.2 Å². The number of benzene rings is 2. The van der Waals surface area contributed by atoms with E-state index in [0.29, 0.717) is 30.2 Å². The number of nitrogens with one attached hydrogen (secondary N) is 2. The van der Waals surface area contributed by atoms with Gasteiger partial charge in [0.1, 0.15) is 0 Å². The van der Waals surface area contributed by atoms with Crippen LogP contribution in [-0.2, 0) is 6.05 Å². The van der Waals surface area contributed by atoms with Gasteiger partial charge < -0.3 is 10.6 Å². The molecule has 2 aromatic carbocycles. The second-order valence-electron chi connectivity index (χ2n) is 8.89. The summed E-state index contributed by atoms with van der Waals surface area (Å²) >= 11 is 0. The number of pyridine rings is 1. The summed E-state index contributed by atoms with van der Waals surface area (Å²) in [5.41, 5.74) is 3.06. The molecule has 0 radical (unpaired) electrons. The molecule has 10 heteroatoms. The van der Waals surface area contributed by atoms with Crippen molar-refractivity contribution in [2.45, 2.75) is 13.0 Å². The number of aryl methyl sites for hydroxylation is 1. The first-order valence-electron chi connectivity index (χ1n) is 12.3. The number of urea groups is 1. The Bertz CT molecular complexity index is 1390. The van der Waals surface area contributed by atoms with Crippen LogP contribution in [0, 0.1) is 6.92 Å². The van der Waals surface area contributed by atoms with Crippen LogP contribution in [0.3, 0.4) is 0 Å². The van der Waals surface area contributed by atoms with Gasteiger partial charge in [-0.1, -0.05) is 18.2 Å². The van der Waals surface area contributed by atoms with Gasteiger partial charge in [-0.05, 0) is 61.0 Å². The predicted molar refractivity (Wildman–Crippen MR) is 142 cm³/mol. The summed E-state index contributed by atoms with van der Waals surface area (Å²) in [6.07, 6.45) is 4.93. The topological polar surface area (TPSA) is 86.3 Å². The number of hydrogen-bond donors (Lipinski definition) is 2. The highest BCUT2D eigenvalue weighted by Gasteiger charge is 2.39. The average molecular weight is 516 g/mol. The van der Waals surface area contributed by atoms with Crippen molar-refractivity contribution in [3.8, 4) is 11.3 Å². The number of piperazine rings is 1. The van der Waals surface area contributed by atoms with Crippen LogP contribution in [0.1, 0.15) is 11.1 Å². The molecule has 2 N–H and O–H groups in total. The summed E-state index contributed by atoms with van der Waals surface area (Å²) in [6, 6.07) is 14.8. The molecule has 5 rings (SSSR count). The molecule has 0 unspecified atom stereocenters. The number of carbonyl (C=O) groups excluding carboxylic acids is 1. The number of amides is 2. The Kier molecular flexibility index (Phi) is 7.34. The summed E-state index contributed by atoms with van der Waals surface area (Å²) in [4.78, 5) is 29.3. The van der Waals surface area contributed by atoms with Crippen molar-refractivity contribution in [3.63, 3.8) is 0 Å². The van der Waals surface area contributed by atoms with E-state index < -0.39 is 12.1 Å². The molecule has 2 aromatic heterocycles. The highest BCUT2D eigenvalue weighted by molar-refractivity contribution is 6.06. The molecule has 1 aliphatic heterocycles. The molecule has 0 bridgehead atoms. The van der Waals surface area contributed by atoms with Crippen molar-refractivity contribution in [2.24, 2.45) is 0 Å². The van der Waals surface area contributed by atoms with Gasteiger partial charge in [-0.25, -0.2) is 24.6 Å². The Hall–Kier alpha value is -4.28. The highest BCUT2D eigenvalue weighted by Crippen LogP contribution is 2.33. The van der Waals surface area contributed by atoms with Crippen molar-refractivity contribution in [1.29, 1.82) is 0 Å². The SMILES string of the molecule is Cc1ccccc1N(C(=O)Nc1ccc(C(F)(F)N2CCNCC2)cc1)c1nccc(-c2cccnc2)n1. The van der Waals surface area contributed by atoms with Gasteiger partial charge in [0.25, 0.3) is 0 Å². The van der Waals surface area contributed by atoms with E-state index in [9.17, 15) is 4.79 Å². The van der Waals surface area contributed by atoms with Gasteiger partial charge >= 0.3 is 12.1 Å². The van der Waals surface area contributed by atoms with Gasteiger partial charge in [-0.15, -0.1) is 0 Å². The summed E-state index contributed by atoms with van der Waals surface area (Å²) in [5.74, 6) is 0.167. The smallest absolute Gasteiger partial charge is 0.314 e. The van der Waals surface area contributed by atoms with E-state index >= 15 is 8.78 Å². The van der Waals surface area contributed by atoms with E-state index in [1.54, 1.807) is 36.8 Å². The van der Waals surface area contributed by atoms with Crippen LogP contribution in [-0.4, -0.2) is 52.1 Å². The molecule has 0 aliphatic carbocycles. The lowest BCUT2D eigenvalue weighted by Gasteiger charge is -2.34. The molecule has 2 amide bonds. The fourth-order valence-corrected chi connectivity index (χ4v) is 4.32. The second-order valence-corrected chi connectivity index (χ2v) is 8.89. The van der Waals surface area contributed by atoms with Crippen LogP contribution >= 0.6 is 0 Å². The van der Waals surface area contributed by atoms with Gasteiger partial charge in [0.2, 0.25) is 5.95 Å². The third kappa shape index (κ3) is 5.36. The lowest BCUT2D eigenvalue weighted by Crippen LogP contribution is -2.50. The standard InChI is InChI=1S/C28H27F2N7O/c1-20-5-2-3-7-25(20)37(26-33-14-12-24(35-26)21-6-4-13-32-19-21)27(38)34-23-10-8-22(9-11-23)28(29,30)36-17-15-31-16-18-36/h2-14,19,31H,15-18H2,1H3,(H,34,38). The van der Waals surface area contributed by atoms with Crippen LogP contribution in [0.5, 0.6) is 0 Å². The summed E-state index contributed by atoms with van der Waals surface area (Å²) in [7, 11) is 0. The zero-order valence-electron chi connectivity index (χ0n) is 20.8. The van der Waals surface area contributed by atoms with Gasteiger partial charge in [0, 0.05) is 61.6 Å². The third-order valence-electron chi connectivity index (χ3n) is 6.36. The molecule has 4 aromatic rings. The monoisotopic (exact) mass is 515 g/mol. The van der Waals surface area contributed by atoms with Crippen molar-refractivity contribution < 1.29 is 13.6 Å². The lowest BCUT2D eigenvalue weighted by atomic mass is 10.1. The molecule has 1 saturated heterocycles. The van der Waals surface area contributed by atoms with E-state index in [0.717, 1.165) is 16.0 Å². The molecular weight excluding hydrogens is 488 g/mol. The molecule has 0 atom stereocenters. The zero-order chi connectivity index (χ0) is 26.5. The minimum Gasteiger partial charge on any atom is -0.314 e. The Morgan fingerprint density at radius 2 is 1.76 bits per heavy atom. The van der Waals surface area contributed by atoms with Crippen LogP contribution in [0.4, 0.5) is 30.9 Å². The minimum atomic E-state index is -3.10. The Morgan fingerprint density at radius 3 is 2.47 bits per heavy atom. The van der Waals surface area contributed by atoms with Gasteiger partial charge in [0.15, 0.2) is 0 Å². The molecule has 194 valence electrons. The van der Waals surface area contributed by atoms with Gasteiger partial charge in [-0.2, -0.15) is 8.78 Å². The van der Waals surface area contributed by atoms with Gasteiger partial charge in [-0.3, -0.25) is 4.98 Å². The first kappa shape index (κ1) is 25.4. The maximum atomic E-state index is 15.0. The first-order valence-corrected chi connectivity index (χ1v) is 12.3. The molecule has 38 heavy (non-hydrogen) atoms. The van der Waals surface area contributed by atoms with E-state index in [1.165, 1.54) is 29.2 Å². The van der Waals surface area contributed by atoms with E-state index in [-0.39, 0.29) is 24.6 Å². The highest BCUT2D eigenvalue weighted by atomic mass is 19.3. The number of halogens is 2. The Labute approximate surface area is 219 Å². The molecule has 3 heterocycles. The maximum Gasteiger partial charge on any atom is 0.333 e. The normalized spacial score (nSPS) is 14.2. The Morgan fingerprint density at radius 1 is 1.00 bits per heavy atom. The number of nitrogens with zero attached hydrogens (tertiary/aromatic N) is 5. The van der Waals surface area contributed by atoms with Crippen LogP contribution in [0.15, 0.2) is 85.3 Å². The van der Waals surface area contributed by atoms with Crippen LogP contribution < -0.4 is 15.5 Å². The Balaban J connectivity index is 1.43. The average Bonchev–Trinajstić information content (AvgIpc) is 2.96. The quantitative estimate of drug-likeness (QED) is 0.345. The largest absolute Gasteiger partial charge is 0.333 e. The first-order chi connectivity index (χ1) is 18.4. The number of aromatic nitrogens is 3. The molecule has 0 spiro atoms. The second kappa shape index (κ2) is 11.0. The number of para-hydroxylation sites is 1. The number of carbonyl (C=O) groups is 1. The van der Waals surface area contributed by atoms with E-state index in [4.69, 9.17) is 0 Å². The minimum absolute atomic E-state index is 0.124. The number of hydrogen-bond acceptors (Lipinski definition) is 6. The van der Waals surface area contributed by atoms with Gasteiger partial charge in [0.05, 0.1) is 11.4 Å². The predicted octanol–water partition coefficient (Wildman–Crippen LogP) is 5.17. The maximum absolute atomic E-state index is 15.0. The van der Waals surface area contributed by atoms with Crippen LogP contribution in [0.2, 0.25) is 0 Å². The van der Waals surface area contributed by atoms with Crippen molar-refractivity contribution in [2.75, 3.05) is 36.4 Å². The van der Waals surface area contributed by atoms with Crippen molar-refractivity contribution >= 4 is 23.4 Å². The fourth-order valence-electron chi connectivity index (χ4n) is 4.32. The number of rotatable bonds is 6. The van der Waals surface area contributed by atoms with Crippen molar-refractivity contribution in [3.05, 3.63) is 96.4 Å².